The van der Waals surface area contributed by atoms with Gasteiger partial charge in [-0.3, -0.25) is 0 Å². The molecule has 0 saturated carbocycles. The Labute approximate surface area is 272 Å². The van der Waals surface area contributed by atoms with Gasteiger partial charge in [0.1, 0.15) is 0 Å². The van der Waals surface area contributed by atoms with Crippen molar-refractivity contribution in [2.45, 2.75) is 0 Å². The second kappa shape index (κ2) is 11.0. The van der Waals surface area contributed by atoms with Crippen molar-refractivity contribution in [3.05, 3.63) is 176 Å². The molecule has 0 radical (unpaired) electrons. The fraction of sp³-hybridized carbons (Fsp3) is 0. The fourth-order valence-electron chi connectivity index (χ4n) is 6.75. The molecule has 9 aromatic rings. The SMILES string of the molecule is c1ccc(N(c2ccc3ccc(-c4cccc(-c5ccc6ccccc6c5)c4)cc3c2)c2cccc3sc4ccccc4c23)cc1. The van der Waals surface area contributed by atoms with Crippen LogP contribution in [0, 0.1) is 0 Å². The van der Waals surface area contributed by atoms with Gasteiger partial charge in [-0.15, -0.1) is 11.3 Å². The molecule has 0 aliphatic carbocycles. The number of benzene rings is 8. The Kier molecular flexibility index (Phi) is 6.40. The summed E-state index contributed by atoms with van der Waals surface area (Å²) in [5.74, 6) is 0. The topological polar surface area (TPSA) is 3.24 Å². The summed E-state index contributed by atoms with van der Waals surface area (Å²) in [7, 11) is 0. The molecule has 0 bridgehead atoms. The maximum absolute atomic E-state index is 2.41. The lowest BCUT2D eigenvalue weighted by atomic mass is 9.96. The molecule has 2 heteroatoms. The molecule has 46 heavy (non-hydrogen) atoms. The number of anilines is 3. The van der Waals surface area contributed by atoms with Crippen molar-refractivity contribution in [3.8, 4) is 22.3 Å². The average molecular weight is 604 g/mol. The molecule has 9 rings (SSSR count). The van der Waals surface area contributed by atoms with E-state index in [1.807, 2.05) is 11.3 Å². The van der Waals surface area contributed by atoms with E-state index in [4.69, 9.17) is 0 Å². The zero-order valence-corrected chi connectivity index (χ0v) is 25.9. The Balaban J connectivity index is 1.17. The number of nitrogens with zero attached hydrogens (tertiary/aromatic N) is 1. The molecule has 8 aromatic carbocycles. The van der Waals surface area contributed by atoms with Crippen LogP contribution in [0.25, 0.3) is 64.0 Å². The molecule has 0 N–H and O–H groups in total. The van der Waals surface area contributed by atoms with Crippen LogP contribution in [0.5, 0.6) is 0 Å². The Morgan fingerprint density at radius 1 is 0.348 bits per heavy atom. The first-order valence-electron chi connectivity index (χ1n) is 15.7. The Morgan fingerprint density at radius 2 is 0.957 bits per heavy atom. The first kappa shape index (κ1) is 26.7. The van der Waals surface area contributed by atoms with Crippen LogP contribution < -0.4 is 4.90 Å². The van der Waals surface area contributed by atoms with Gasteiger partial charge in [-0.2, -0.15) is 0 Å². The van der Waals surface area contributed by atoms with Crippen LogP contribution in [-0.2, 0) is 0 Å². The molecule has 0 unspecified atom stereocenters. The third-order valence-corrected chi connectivity index (χ3v) is 10.1. The van der Waals surface area contributed by atoms with Crippen molar-refractivity contribution >= 4 is 70.1 Å². The van der Waals surface area contributed by atoms with Crippen molar-refractivity contribution in [2.24, 2.45) is 0 Å². The smallest absolute Gasteiger partial charge is 0.0554 e. The van der Waals surface area contributed by atoms with Crippen molar-refractivity contribution in [1.29, 1.82) is 0 Å². The molecule has 216 valence electrons. The van der Waals surface area contributed by atoms with Gasteiger partial charge in [0.15, 0.2) is 0 Å². The second-order valence-corrected chi connectivity index (χ2v) is 12.9. The largest absolute Gasteiger partial charge is 0.310 e. The molecule has 1 nitrogen and oxygen atoms in total. The van der Waals surface area contributed by atoms with E-state index in [-0.39, 0.29) is 0 Å². The summed E-state index contributed by atoms with van der Waals surface area (Å²) in [6.45, 7) is 0. The molecule has 1 heterocycles. The average Bonchev–Trinajstić information content (AvgIpc) is 3.51. The standard InChI is InChI=1S/C44H29NS/c1-2-14-38(15-3-1)45(41-17-9-19-43-44(41)40-16-6-7-18-42(40)46-43)39-25-24-31-21-23-36(28-37(31)29-39)34-13-8-12-33(27-34)35-22-20-30-10-4-5-11-32(30)26-35/h1-29H. The van der Waals surface area contributed by atoms with E-state index in [2.05, 4.69) is 181 Å². The molecule has 1 aromatic heterocycles. The normalized spacial score (nSPS) is 11.5. The van der Waals surface area contributed by atoms with Gasteiger partial charge in [-0.25, -0.2) is 0 Å². The van der Waals surface area contributed by atoms with Crippen molar-refractivity contribution in [2.75, 3.05) is 4.90 Å². The highest BCUT2D eigenvalue weighted by Crippen LogP contribution is 2.45. The van der Waals surface area contributed by atoms with Gasteiger partial charge in [-0.05, 0) is 104 Å². The second-order valence-electron chi connectivity index (χ2n) is 11.8. The number of para-hydroxylation sites is 1. The maximum Gasteiger partial charge on any atom is 0.0554 e. The molecule has 0 aliphatic rings. The van der Waals surface area contributed by atoms with E-state index in [0.717, 1.165) is 11.4 Å². The van der Waals surface area contributed by atoms with E-state index in [1.165, 1.54) is 69.7 Å². The van der Waals surface area contributed by atoms with Gasteiger partial charge in [0.25, 0.3) is 0 Å². The van der Waals surface area contributed by atoms with E-state index in [0.29, 0.717) is 0 Å². The quantitative estimate of drug-likeness (QED) is 0.189. The van der Waals surface area contributed by atoms with Gasteiger partial charge in [-0.1, -0.05) is 115 Å². The lowest BCUT2D eigenvalue weighted by Gasteiger charge is -2.27. The third kappa shape index (κ3) is 4.63. The molecule has 0 atom stereocenters. The molecule has 0 fully saturated rings. The number of hydrogen-bond donors (Lipinski definition) is 0. The summed E-state index contributed by atoms with van der Waals surface area (Å²) in [5.41, 5.74) is 8.37. The summed E-state index contributed by atoms with van der Waals surface area (Å²) < 4.78 is 2.61. The minimum absolute atomic E-state index is 1.14. The van der Waals surface area contributed by atoms with Gasteiger partial charge < -0.3 is 4.90 Å². The van der Waals surface area contributed by atoms with Crippen molar-refractivity contribution < 1.29 is 0 Å². The Bertz CT molecular complexity index is 2540. The number of thiophene rings is 1. The van der Waals surface area contributed by atoms with Gasteiger partial charge in [0, 0.05) is 31.5 Å². The Hall–Kier alpha value is -5.70. The summed E-state index contributed by atoms with van der Waals surface area (Å²) in [6, 6.07) is 64.0. The first-order chi connectivity index (χ1) is 22.8. The number of hydrogen-bond acceptors (Lipinski definition) is 2. The van der Waals surface area contributed by atoms with Gasteiger partial charge in [0.05, 0.1) is 5.69 Å². The lowest BCUT2D eigenvalue weighted by Crippen LogP contribution is -2.10. The summed E-state index contributed by atoms with van der Waals surface area (Å²) in [5, 5.41) is 7.57. The van der Waals surface area contributed by atoms with Crippen LogP contribution >= 0.6 is 11.3 Å². The van der Waals surface area contributed by atoms with Crippen molar-refractivity contribution in [3.63, 3.8) is 0 Å². The molecular formula is C44H29NS. The van der Waals surface area contributed by atoms with E-state index in [1.54, 1.807) is 0 Å². The zero-order chi connectivity index (χ0) is 30.5. The van der Waals surface area contributed by atoms with E-state index in [9.17, 15) is 0 Å². The van der Waals surface area contributed by atoms with Crippen molar-refractivity contribution in [1.82, 2.24) is 0 Å². The molecular weight excluding hydrogens is 575 g/mol. The van der Waals surface area contributed by atoms with Crippen LogP contribution in [0.4, 0.5) is 17.1 Å². The predicted octanol–water partition coefficient (Wildman–Crippen LogP) is 13.2. The molecule has 0 amide bonds. The third-order valence-electron chi connectivity index (χ3n) is 9.00. The fourth-order valence-corrected chi connectivity index (χ4v) is 7.87. The number of fused-ring (bicyclic) bond motifs is 5. The van der Waals surface area contributed by atoms with Crippen LogP contribution in [0.2, 0.25) is 0 Å². The maximum atomic E-state index is 2.41. The number of rotatable bonds is 5. The first-order valence-corrected chi connectivity index (χ1v) is 16.5. The highest BCUT2D eigenvalue weighted by molar-refractivity contribution is 7.26. The molecule has 0 spiro atoms. The van der Waals surface area contributed by atoms with Crippen LogP contribution in [0.3, 0.4) is 0 Å². The summed E-state index contributed by atoms with van der Waals surface area (Å²) in [4.78, 5) is 2.41. The summed E-state index contributed by atoms with van der Waals surface area (Å²) >= 11 is 1.86. The van der Waals surface area contributed by atoms with Gasteiger partial charge >= 0.3 is 0 Å². The monoisotopic (exact) mass is 603 g/mol. The van der Waals surface area contributed by atoms with Gasteiger partial charge in [0.2, 0.25) is 0 Å². The van der Waals surface area contributed by atoms with E-state index < -0.39 is 0 Å². The Morgan fingerprint density at radius 3 is 1.78 bits per heavy atom. The summed E-state index contributed by atoms with van der Waals surface area (Å²) in [6.07, 6.45) is 0. The lowest BCUT2D eigenvalue weighted by molar-refractivity contribution is 1.31. The minimum Gasteiger partial charge on any atom is -0.310 e. The van der Waals surface area contributed by atoms with Crippen LogP contribution in [0.1, 0.15) is 0 Å². The minimum atomic E-state index is 1.14. The highest BCUT2D eigenvalue weighted by Gasteiger charge is 2.18. The zero-order valence-electron chi connectivity index (χ0n) is 25.1. The van der Waals surface area contributed by atoms with E-state index >= 15 is 0 Å². The molecule has 0 aliphatic heterocycles. The highest BCUT2D eigenvalue weighted by atomic mass is 32.1. The van der Waals surface area contributed by atoms with Crippen LogP contribution in [0.15, 0.2) is 176 Å². The predicted molar refractivity (Wildman–Crippen MR) is 200 cm³/mol. The molecule has 0 saturated heterocycles. The van der Waals surface area contributed by atoms with Crippen LogP contribution in [-0.4, -0.2) is 0 Å².